The second-order valence-electron chi connectivity index (χ2n) is 4.20. The van der Waals surface area contributed by atoms with Crippen molar-refractivity contribution in [2.24, 2.45) is 5.92 Å². The molecule has 1 saturated carbocycles. The van der Waals surface area contributed by atoms with Crippen LogP contribution in [0.3, 0.4) is 0 Å². The van der Waals surface area contributed by atoms with Gasteiger partial charge >= 0.3 is 0 Å². The molecule has 1 aromatic heterocycles. The van der Waals surface area contributed by atoms with Gasteiger partial charge in [0, 0.05) is 18.6 Å². The molecule has 2 unspecified atom stereocenters. The number of aliphatic hydroxyl groups excluding tert-OH is 1. The zero-order valence-corrected chi connectivity index (χ0v) is 9.82. The smallest absolute Gasteiger partial charge is 0.148 e. The van der Waals surface area contributed by atoms with Crippen molar-refractivity contribution in [1.82, 2.24) is 9.97 Å². The van der Waals surface area contributed by atoms with Crippen molar-refractivity contribution in [3.8, 4) is 0 Å². The van der Waals surface area contributed by atoms with Crippen LogP contribution < -0.4 is 5.32 Å². The molecule has 0 spiro atoms. The highest BCUT2D eigenvalue weighted by Gasteiger charge is 2.25. The van der Waals surface area contributed by atoms with Crippen molar-refractivity contribution in [2.75, 3.05) is 11.9 Å². The first kappa shape index (κ1) is 11.6. The fraction of sp³-hybridized carbons (Fsp3) is 0.636. The summed E-state index contributed by atoms with van der Waals surface area (Å²) in [7, 11) is 0. The Kier molecular flexibility index (Phi) is 3.96. The molecule has 88 valence electrons. The highest BCUT2D eigenvalue weighted by Crippen LogP contribution is 2.28. The summed E-state index contributed by atoms with van der Waals surface area (Å²) < 4.78 is 0. The van der Waals surface area contributed by atoms with Crippen LogP contribution >= 0.6 is 11.6 Å². The molecule has 16 heavy (non-hydrogen) atoms. The minimum Gasteiger partial charge on any atom is -0.396 e. The first-order chi connectivity index (χ1) is 7.81. The summed E-state index contributed by atoms with van der Waals surface area (Å²) in [5, 5.41) is 13.1. The first-order valence-electron chi connectivity index (χ1n) is 5.64. The zero-order chi connectivity index (χ0) is 11.4. The maximum Gasteiger partial charge on any atom is 0.148 e. The lowest BCUT2D eigenvalue weighted by molar-refractivity contribution is 0.178. The second kappa shape index (κ2) is 5.46. The lowest BCUT2D eigenvalue weighted by atomic mass is 9.85. The van der Waals surface area contributed by atoms with Crippen LogP contribution in [0.2, 0.25) is 5.02 Å². The molecule has 4 nitrogen and oxygen atoms in total. The number of nitrogens with zero attached hydrogens (tertiary/aromatic N) is 2. The van der Waals surface area contributed by atoms with Crippen LogP contribution in [0.15, 0.2) is 12.5 Å². The van der Waals surface area contributed by atoms with Crippen LogP contribution in [-0.4, -0.2) is 27.7 Å². The number of hydrogen-bond acceptors (Lipinski definition) is 4. The zero-order valence-electron chi connectivity index (χ0n) is 9.06. The lowest BCUT2D eigenvalue weighted by Gasteiger charge is -2.31. The number of halogens is 1. The van der Waals surface area contributed by atoms with Gasteiger partial charge in [0.2, 0.25) is 0 Å². The molecule has 2 atom stereocenters. The van der Waals surface area contributed by atoms with Crippen molar-refractivity contribution in [1.29, 1.82) is 0 Å². The maximum atomic E-state index is 9.30. The molecular weight excluding hydrogens is 226 g/mol. The van der Waals surface area contributed by atoms with Gasteiger partial charge in [0.15, 0.2) is 0 Å². The van der Waals surface area contributed by atoms with Gasteiger partial charge in [0.25, 0.3) is 0 Å². The highest BCUT2D eigenvalue weighted by molar-refractivity contribution is 6.32. The Morgan fingerprint density at radius 2 is 2.25 bits per heavy atom. The maximum absolute atomic E-state index is 9.30. The van der Waals surface area contributed by atoms with Gasteiger partial charge in [-0.2, -0.15) is 0 Å². The molecule has 5 heteroatoms. The largest absolute Gasteiger partial charge is 0.396 e. The molecule has 0 saturated heterocycles. The van der Waals surface area contributed by atoms with E-state index in [1.807, 2.05) is 0 Å². The third-order valence-corrected chi connectivity index (χ3v) is 3.41. The van der Waals surface area contributed by atoms with Gasteiger partial charge < -0.3 is 10.4 Å². The summed E-state index contributed by atoms with van der Waals surface area (Å²) in [4.78, 5) is 7.95. The minimum absolute atomic E-state index is 0.223. The molecule has 0 aromatic carbocycles. The predicted octanol–water partition coefficient (Wildman–Crippen LogP) is 2.09. The van der Waals surface area contributed by atoms with E-state index in [-0.39, 0.29) is 12.6 Å². The average Bonchev–Trinajstić information content (AvgIpc) is 2.33. The van der Waals surface area contributed by atoms with Gasteiger partial charge in [-0.15, -0.1) is 0 Å². The minimum atomic E-state index is 0.223. The number of anilines is 1. The van der Waals surface area contributed by atoms with E-state index in [4.69, 9.17) is 11.6 Å². The molecule has 2 rings (SSSR count). The standard InChI is InChI=1S/C11H16ClN3O/c12-9-5-13-7-14-11(9)15-10-4-2-1-3-8(10)6-16/h5,7-8,10,16H,1-4,6H2,(H,13,14,15). The van der Waals surface area contributed by atoms with E-state index in [2.05, 4.69) is 15.3 Å². The van der Waals surface area contributed by atoms with E-state index < -0.39 is 0 Å². The van der Waals surface area contributed by atoms with Crippen LogP contribution in [0.4, 0.5) is 5.82 Å². The molecule has 1 fully saturated rings. The van der Waals surface area contributed by atoms with E-state index in [0.717, 1.165) is 12.8 Å². The number of aliphatic hydroxyl groups is 1. The van der Waals surface area contributed by atoms with E-state index in [9.17, 15) is 5.11 Å². The van der Waals surface area contributed by atoms with Crippen LogP contribution in [-0.2, 0) is 0 Å². The summed E-state index contributed by atoms with van der Waals surface area (Å²) in [5.41, 5.74) is 0. The van der Waals surface area contributed by atoms with Crippen molar-refractivity contribution < 1.29 is 5.11 Å². The molecular formula is C11H16ClN3O. The SMILES string of the molecule is OCC1CCCCC1Nc1ncncc1Cl. The van der Waals surface area contributed by atoms with Gasteiger partial charge in [-0.25, -0.2) is 9.97 Å². The molecule has 1 aliphatic rings. The van der Waals surface area contributed by atoms with Gasteiger partial charge in [0.05, 0.1) is 6.20 Å². The summed E-state index contributed by atoms with van der Waals surface area (Å²) >= 11 is 5.98. The molecule has 1 heterocycles. The Balaban J connectivity index is 2.05. The number of hydrogen-bond donors (Lipinski definition) is 2. The average molecular weight is 242 g/mol. The van der Waals surface area contributed by atoms with Gasteiger partial charge in [-0.05, 0) is 12.8 Å². The third kappa shape index (κ3) is 2.62. The topological polar surface area (TPSA) is 58.0 Å². The summed E-state index contributed by atoms with van der Waals surface area (Å²) in [6.07, 6.45) is 7.57. The highest BCUT2D eigenvalue weighted by atomic mass is 35.5. The molecule has 0 bridgehead atoms. The van der Waals surface area contributed by atoms with Crippen LogP contribution in [0, 0.1) is 5.92 Å². The molecule has 0 aliphatic heterocycles. The Labute approximate surface area is 100 Å². The number of aromatic nitrogens is 2. The Hall–Kier alpha value is -0.870. The van der Waals surface area contributed by atoms with E-state index in [0.29, 0.717) is 16.8 Å². The van der Waals surface area contributed by atoms with Crippen LogP contribution in [0.5, 0.6) is 0 Å². The van der Waals surface area contributed by atoms with Gasteiger partial charge in [-0.1, -0.05) is 24.4 Å². The fourth-order valence-electron chi connectivity index (χ4n) is 2.21. The van der Waals surface area contributed by atoms with Gasteiger partial charge in [0.1, 0.15) is 17.2 Å². The Morgan fingerprint density at radius 3 is 3.00 bits per heavy atom. The van der Waals surface area contributed by atoms with Crippen molar-refractivity contribution >= 4 is 17.4 Å². The van der Waals surface area contributed by atoms with Crippen molar-refractivity contribution in [3.05, 3.63) is 17.5 Å². The molecule has 2 N–H and O–H groups in total. The predicted molar refractivity (Wildman–Crippen MR) is 63.5 cm³/mol. The quantitative estimate of drug-likeness (QED) is 0.851. The lowest BCUT2D eigenvalue weighted by Crippen LogP contribution is -2.34. The third-order valence-electron chi connectivity index (χ3n) is 3.13. The molecule has 1 aliphatic carbocycles. The van der Waals surface area contributed by atoms with E-state index in [1.165, 1.54) is 19.2 Å². The van der Waals surface area contributed by atoms with Gasteiger partial charge in [-0.3, -0.25) is 0 Å². The fourth-order valence-corrected chi connectivity index (χ4v) is 2.37. The summed E-state index contributed by atoms with van der Waals surface area (Å²) in [6, 6.07) is 0.270. The summed E-state index contributed by atoms with van der Waals surface area (Å²) in [5.74, 6) is 0.974. The van der Waals surface area contributed by atoms with Crippen LogP contribution in [0.1, 0.15) is 25.7 Å². The molecule has 1 aromatic rings. The molecule has 0 radical (unpaired) electrons. The first-order valence-corrected chi connectivity index (χ1v) is 6.02. The Bertz CT molecular complexity index is 348. The normalized spacial score (nSPS) is 25.4. The number of rotatable bonds is 3. The van der Waals surface area contributed by atoms with Crippen molar-refractivity contribution in [3.63, 3.8) is 0 Å². The monoisotopic (exact) mass is 241 g/mol. The van der Waals surface area contributed by atoms with Crippen LogP contribution in [0.25, 0.3) is 0 Å². The van der Waals surface area contributed by atoms with E-state index >= 15 is 0 Å². The molecule has 0 amide bonds. The second-order valence-corrected chi connectivity index (χ2v) is 4.60. The number of nitrogens with one attached hydrogen (secondary N) is 1. The Morgan fingerprint density at radius 1 is 1.44 bits per heavy atom. The van der Waals surface area contributed by atoms with E-state index in [1.54, 1.807) is 6.20 Å². The summed E-state index contributed by atoms with van der Waals surface area (Å²) in [6.45, 7) is 0.223. The van der Waals surface area contributed by atoms with Crippen molar-refractivity contribution in [2.45, 2.75) is 31.7 Å².